The molecule has 0 spiro atoms. The Morgan fingerprint density at radius 2 is 1.45 bits per heavy atom. The molecule has 5 amide bonds. The first-order valence-electron chi connectivity index (χ1n) is 27.3. The third kappa shape index (κ3) is 17.8. The van der Waals surface area contributed by atoms with Crippen LogP contribution in [-0.2, 0) is 70.8 Å². The monoisotopic (exact) mass is 1230 g/mol. The van der Waals surface area contributed by atoms with Crippen LogP contribution in [0.1, 0.15) is 68.2 Å². The zero-order valence-electron chi connectivity index (χ0n) is 48.1. The molecule has 1 aliphatic heterocycles. The van der Waals surface area contributed by atoms with E-state index in [1.165, 1.54) is 12.1 Å². The first-order valence-corrected chi connectivity index (χ1v) is 27.3. The van der Waals surface area contributed by atoms with E-state index in [1.807, 2.05) is 52.7 Å². The molecule has 2 atom stereocenters. The van der Waals surface area contributed by atoms with Gasteiger partial charge in [-0.05, 0) is 77.8 Å². The standard InChI is InChI=1S/C59H63F8N9O10.CH3/c1-33(2)53(73-44(78)16-20-83-22-24-85-25-23-84-21-17-46(80)86-54-51(63)49(61)48(60)50(62)52(54)64)43(77)29-38(7-5-18-70-58(69)82)56(81)72-40-12-9-34(10-13-40)30-75-32-71-55(68)47-41(31-74(3)57(47)75)36-11-14-42-37(28-36)15-19-76(42)45(79)27-35-6-4-8-39(26-35)59(65,66)67;/h4,6,8-14,26,28,31-33,38,53,68H,5,7,15-25,27,29-30H2,1-3H3,(H5,69,70,72,73,78,81,82);1H3/q;-1/p+1/t38-,53+;/m1./s1. The van der Waals surface area contributed by atoms with Crippen molar-refractivity contribution < 1.29 is 87.4 Å². The average Bonchev–Trinajstić information content (AvgIpc) is 1.93. The van der Waals surface area contributed by atoms with Crippen LogP contribution in [0.5, 0.6) is 5.75 Å². The summed E-state index contributed by atoms with van der Waals surface area (Å²) in [4.78, 5) is 83.5. The number of aromatic nitrogens is 3. The molecule has 0 radical (unpaired) electrons. The lowest BCUT2D eigenvalue weighted by molar-refractivity contribution is -0.667. The van der Waals surface area contributed by atoms with Crippen molar-refractivity contribution in [1.29, 1.82) is 0 Å². The number of fused-ring (bicyclic) bond motifs is 2. The zero-order valence-corrected chi connectivity index (χ0v) is 48.1. The zero-order chi connectivity index (χ0) is 62.4. The summed E-state index contributed by atoms with van der Waals surface area (Å²) < 4.78 is 132. The van der Waals surface area contributed by atoms with Gasteiger partial charge in [0.05, 0.1) is 83.9 Å². The van der Waals surface area contributed by atoms with Crippen LogP contribution in [0.4, 0.5) is 57.1 Å². The van der Waals surface area contributed by atoms with Gasteiger partial charge in [0.2, 0.25) is 70.3 Å². The maximum absolute atomic E-state index is 13.9. The second kappa shape index (κ2) is 30.7. The molecule has 0 fully saturated rings. The number of primary amides is 1. The van der Waals surface area contributed by atoms with Crippen LogP contribution in [0.3, 0.4) is 0 Å². The maximum Gasteiger partial charge on any atom is 0.416 e. The molecule has 7 N–H and O–H groups in total. The van der Waals surface area contributed by atoms with Crippen molar-refractivity contribution in [3.05, 3.63) is 138 Å². The minimum atomic E-state index is -4.53. The largest absolute Gasteiger partial charge is 0.420 e. The number of aryl methyl sites for hydroxylation is 1. The fourth-order valence-electron chi connectivity index (χ4n) is 9.71. The molecule has 3 heterocycles. The molecule has 0 saturated carbocycles. The van der Waals surface area contributed by atoms with E-state index in [-0.39, 0.29) is 103 Å². The molecule has 7 rings (SSSR count). The molecule has 4 aromatic carbocycles. The predicted molar refractivity (Wildman–Crippen MR) is 303 cm³/mol. The number of nitrogen functional groups attached to an aromatic ring is 1. The lowest BCUT2D eigenvalue weighted by atomic mass is 9.89. The number of Topliss-reactive ketones (excluding diaryl/α,β-unsaturated/α-hetero) is 1. The Labute approximate surface area is 495 Å². The number of ether oxygens (including phenoxy) is 4. The van der Waals surface area contributed by atoms with E-state index in [0.29, 0.717) is 42.7 Å². The van der Waals surface area contributed by atoms with Crippen molar-refractivity contribution in [3.63, 3.8) is 0 Å². The number of nitrogens with zero attached hydrogens (tertiary/aromatic N) is 4. The van der Waals surface area contributed by atoms with Crippen molar-refractivity contribution in [1.82, 2.24) is 20.2 Å². The number of hydrogen-bond acceptors (Lipinski definition) is 12. The number of anilines is 3. The molecule has 0 saturated heterocycles. The van der Waals surface area contributed by atoms with Crippen LogP contribution >= 0.6 is 0 Å². The quantitative estimate of drug-likeness (QED) is 0.00438. The molecule has 1 aliphatic rings. The summed E-state index contributed by atoms with van der Waals surface area (Å²) in [5, 5.41) is 8.82. The number of halogens is 8. The first kappa shape index (κ1) is 67.6. The van der Waals surface area contributed by atoms with E-state index in [0.717, 1.165) is 40.0 Å². The smallest absolute Gasteiger partial charge is 0.416 e. The number of ketones is 1. The van der Waals surface area contributed by atoms with Gasteiger partial charge in [-0.2, -0.15) is 22.0 Å². The van der Waals surface area contributed by atoms with E-state index in [4.69, 9.17) is 25.7 Å². The Morgan fingerprint density at radius 3 is 2.09 bits per heavy atom. The summed E-state index contributed by atoms with van der Waals surface area (Å²) in [7, 11) is 1.88. The number of nitrogens with two attached hydrogens (primary N) is 2. The first-order chi connectivity index (χ1) is 40.9. The number of benzene rings is 4. The Bertz CT molecular complexity index is 3430. The molecule has 6 aromatic rings. The van der Waals surface area contributed by atoms with Crippen molar-refractivity contribution in [3.8, 4) is 16.9 Å². The molecule has 19 nitrogen and oxygen atoms in total. The van der Waals surface area contributed by atoms with Crippen molar-refractivity contribution in [2.45, 2.75) is 77.6 Å². The Kier molecular flexibility index (Phi) is 23.8. The number of nitrogens with one attached hydrogen (secondary N) is 3. The molecule has 2 aromatic heterocycles. The fourth-order valence-corrected chi connectivity index (χ4v) is 9.71. The minimum absolute atomic E-state index is 0. The summed E-state index contributed by atoms with van der Waals surface area (Å²) in [5.74, 6) is -17.1. The van der Waals surface area contributed by atoms with Gasteiger partial charge in [0.1, 0.15) is 5.39 Å². The van der Waals surface area contributed by atoms with Gasteiger partial charge in [0.25, 0.3) is 0 Å². The third-order valence-electron chi connectivity index (χ3n) is 14.0. The SMILES string of the molecule is CC(C)[C@H](NC(=O)CCOCCOCCOCCC(=O)Oc1c(F)c(F)c(F)c(F)c1F)C(=O)C[C@@H](CCCNC(N)=O)C(=O)Nc1ccc(C[n+]2cnc(N)c3c(-c4ccc5c(c4)CCN5C(=O)Cc4cccc(C(F)(F)F)c4)cn(C)c32)cc1.[CH3-]. The number of urea groups is 1. The molecular formula is C60H67F8N9O10. The minimum Gasteiger partial charge on any atom is -0.420 e. The van der Waals surface area contributed by atoms with Crippen LogP contribution in [0, 0.1) is 48.3 Å². The number of hydrogen-bond donors (Lipinski definition) is 5. The highest BCUT2D eigenvalue weighted by Gasteiger charge is 2.34. The van der Waals surface area contributed by atoms with Crippen LogP contribution in [0.15, 0.2) is 79.3 Å². The van der Waals surface area contributed by atoms with E-state index in [1.54, 1.807) is 37.2 Å². The summed E-state index contributed by atoms with van der Waals surface area (Å²) >= 11 is 0. The highest BCUT2D eigenvalue weighted by atomic mass is 19.4. The van der Waals surface area contributed by atoms with Crippen molar-refractivity contribution >= 4 is 63.7 Å². The highest BCUT2D eigenvalue weighted by molar-refractivity contribution is 6.01. The second-order valence-corrected chi connectivity index (χ2v) is 20.6. The van der Waals surface area contributed by atoms with Gasteiger partial charge >= 0.3 is 18.2 Å². The number of carbonyl (C=O) groups is 6. The second-order valence-electron chi connectivity index (χ2n) is 20.6. The van der Waals surface area contributed by atoms with Crippen LogP contribution in [0.25, 0.3) is 22.2 Å². The maximum atomic E-state index is 13.9. The van der Waals surface area contributed by atoms with Gasteiger partial charge < -0.3 is 58.7 Å². The van der Waals surface area contributed by atoms with E-state index >= 15 is 0 Å². The summed E-state index contributed by atoms with van der Waals surface area (Å²) in [6.07, 6.45) is -1.06. The van der Waals surface area contributed by atoms with Crippen molar-refractivity contribution in [2.75, 3.05) is 68.7 Å². The molecule has 0 aliphatic carbocycles. The van der Waals surface area contributed by atoms with Gasteiger partial charge in [-0.1, -0.05) is 55.2 Å². The predicted octanol–water partition coefficient (Wildman–Crippen LogP) is 7.99. The molecule has 0 bridgehead atoms. The molecule has 27 heteroatoms. The van der Waals surface area contributed by atoms with Gasteiger partial charge in [0, 0.05) is 48.8 Å². The molecule has 0 unspecified atom stereocenters. The summed E-state index contributed by atoms with van der Waals surface area (Å²) in [6, 6.07) is 15.8. The van der Waals surface area contributed by atoms with Crippen LogP contribution < -0.4 is 41.6 Å². The van der Waals surface area contributed by atoms with Gasteiger partial charge in [0.15, 0.2) is 5.78 Å². The number of amides is 5. The van der Waals surface area contributed by atoms with Crippen LogP contribution in [0.2, 0.25) is 0 Å². The third-order valence-corrected chi connectivity index (χ3v) is 14.0. The van der Waals surface area contributed by atoms with Crippen molar-refractivity contribution in [2.24, 2.45) is 24.6 Å². The fraction of sp³-hybridized carbons (Fsp3) is 0.383. The number of carbonyl (C=O) groups excluding carboxylic acids is 6. The Balaban J connectivity index is 0.0000121. The Hall–Kier alpha value is -8.56. The summed E-state index contributed by atoms with van der Waals surface area (Å²) in [6.45, 7) is 4.09. The van der Waals surface area contributed by atoms with Gasteiger partial charge in [-0.25, -0.2) is 22.5 Å². The average molecular weight is 1230 g/mol. The highest BCUT2D eigenvalue weighted by Crippen LogP contribution is 2.38. The van der Waals surface area contributed by atoms with Crippen LogP contribution in [-0.4, -0.2) is 104 Å². The lowest BCUT2D eigenvalue weighted by Crippen LogP contribution is -2.45. The lowest BCUT2D eigenvalue weighted by Gasteiger charge is -2.24. The topological polar surface area (TPSA) is 252 Å². The Morgan fingerprint density at radius 1 is 0.805 bits per heavy atom. The van der Waals surface area contributed by atoms with Gasteiger partial charge in [-0.3, -0.25) is 28.5 Å². The molecular weight excluding hydrogens is 1160 g/mol. The summed E-state index contributed by atoms with van der Waals surface area (Å²) in [5.41, 5.74) is 16.5. The van der Waals surface area contributed by atoms with Gasteiger partial charge in [-0.15, -0.1) is 0 Å². The molecule has 468 valence electrons. The molecule has 87 heavy (non-hydrogen) atoms. The normalized spacial score (nSPS) is 12.8. The number of esters is 1. The van der Waals surface area contributed by atoms with E-state index in [9.17, 15) is 63.9 Å². The number of rotatable bonds is 29. The number of alkyl halides is 3. The van der Waals surface area contributed by atoms with E-state index in [2.05, 4.69) is 25.7 Å². The van der Waals surface area contributed by atoms with E-state index < -0.39 is 94.6 Å².